The summed E-state index contributed by atoms with van der Waals surface area (Å²) in [5.74, 6) is 2.05. The molecule has 0 aliphatic heterocycles. The van der Waals surface area contributed by atoms with Crippen molar-refractivity contribution in [3.8, 4) is 18.1 Å². The molecule has 3 aromatic rings. The summed E-state index contributed by atoms with van der Waals surface area (Å²) in [4.78, 5) is 15.1. The fraction of sp³-hybridized carbons (Fsp3) is 0.250. The summed E-state index contributed by atoms with van der Waals surface area (Å²) in [7, 11) is -0.567. The molecule has 0 aromatic heterocycles. The number of hydrogen-bond acceptors (Lipinski definition) is 3. The van der Waals surface area contributed by atoms with Crippen molar-refractivity contribution in [2.45, 2.75) is 52.4 Å². The normalized spacial score (nSPS) is 14.9. The minimum Gasteiger partial charge on any atom is -0.482 e. The monoisotopic (exact) mass is 479 g/mol. The molecule has 1 fully saturated rings. The van der Waals surface area contributed by atoms with Crippen LogP contribution in [0.5, 0.6) is 5.75 Å². The Hall–Kier alpha value is -3.30. The topological polar surface area (TPSA) is 35.5 Å². The molecular weight excluding hydrogens is 454 g/mol. The summed E-state index contributed by atoms with van der Waals surface area (Å²) >= 11 is 0. The number of halogens is 2. The van der Waals surface area contributed by atoms with E-state index in [1.807, 2.05) is 12.1 Å². The van der Waals surface area contributed by atoms with Crippen LogP contribution in [0.15, 0.2) is 87.5 Å². The molecule has 3 nitrogen and oxygen atoms in total. The van der Waals surface area contributed by atoms with E-state index in [9.17, 15) is 13.6 Å². The molecule has 1 saturated carbocycles. The maximum Gasteiger partial charge on any atom is 0.345 e. The highest BCUT2D eigenvalue weighted by Crippen LogP contribution is 2.33. The average Bonchev–Trinajstić information content (AvgIpc) is 2.86. The van der Waals surface area contributed by atoms with Crippen LogP contribution in [0.25, 0.3) is 0 Å². The van der Waals surface area contributed by atoms with Crippen molar-refractivity contribution in [3.63, 3.8) is 0 Å². The van der Waals surface area contributed by atoms with E-state index in [1.54, 1.807) is 36.4 Å². The Bertz CT molecular complexity index is 1100. The Kier molecular flexibility index (Phi) is 7.54. The lowest BCUT2D eigenvalue weighted by Crippen LogP contribution is -2.37. The van der Waals surface area contributed by atoms with Crippen LogP contribution >= 0.6 is 0 Å². The van der Waals surface area contributed by atoms with Crippen LogP contribution in [0.2, 0.25) is 0 Å². The fourth-order valence-electron chi connectivity index (χ4n) is 4.01. The molecule has 4 rings (SSSR count). The van der Waals surface area contributed by atoms with Gasteiger partial charge in [-0.05, 0) is 98.5 Å². The predicted molar refractivity (Wildman–Crippen MR) is 128 cm³/mol. The van der Waals surface area contributed by atoms with E-state index >= 15 is 0 Å². The minimum absolute atomic E-state index is 0.232. The zero-order chi connectivity index (χ0) is 24.0. The molecule has 0 heterocycles. The van der Waals surface area contributed by atoms with Crippen LogP contribution in [-0.4, -0.2) is 18.2 Å². The van der Waals surface area contributed by atoms with Crippen molar-refractivity contribution in [2.75, 3.05) is 6.61 Å². The van der Waals surface area contributed by atoms with E-state index in [0.717, 1.165) is 33.9 Å². The van der Waals surface area contributed by atoms with Crippen molar-refractivity contribution in [2.24, 2.45) is 0 Å². The van der Waals surface area contributed by atoms with Gasteiger partial charge in [0, 0.05) is 0 Å². The SMILES string of the molecule is C#CC1(OC(=O)COc2ccc([S+](c3ccc(F)cc3)c3ccc(F)cc3)cc2)CCCCC1. The highest BCUT2D eigenvalue weighted by atomic mass is 32.2. The van der Waals surface area contributed by atoms with Gasteiger partial charge in [-0.15, -0.1) is 6.42 Å². The zero-order valence-electron chi connectivity index (χ0n) is 18.6. The number of ether oxygens (including phenoxy) is 2. The van der Waals surface area contributed by atoms with E-state index in [1.165, 1.54) is 24.3 Å². The quantitative estimate of drug-likeness (QED) is 0.226. The van der Waals surface area contributed by atoms with Crippen LogP contribution in [0.3, 0.4) is 0 Å². The maximum absolute atomic E-state index is 13.5. The van der Waals surface area contributed by atoms with Crippen molar-refractivity contribution in [1.82, 2.24) is 0 Å². The molecule has 0 radical (unpaired) electrons. The van der Waals surface area contributed by atoms with Gasteiger partial charge in [0.1, 0.15) is 17.4 Å². The molecule has 0 bridgehead atoms. The van der Waals surface area contributed by atoms with E-state index < -0.39 is 22.5 Å². The highest BCUT2D eigenvalue weighted by Gasteiger charge is 2.34. The average molecular weight is 480 g/mol. The Morgan fingerprint density at radius 2 is 1.29 bits per heavy atom. The second kappa shape index (κ2) is 10.8. The Balaban J connectivity index is 1.47. The Labute approximate surface area is 201 Å². The number of carbonyl (C=O) groups is 1. The van der Waals surface area contributed by atoms with E-state index in [0.29, 0.717) is 18.6 Å². The molecule has 0 amide bonds. The smallest absolute Gasteiger partial charge is 0.345 e. The van der Waals surface area contributed by atoms with E-state index in [2.05, 4.69) is 5.92 Å². The number of benzene rings is 3. The second-order valence-corrected chi connectivity index (χ2v) is 10.2. The first-order valence-electron chi connectivity index (χ1n) is 11.2. The summed E-state index contributed by atoms with van der Waals surface area (Å²) in [5, 5.41) is 0. The molecule has 3 aromatic carbocycles. The van der Waals surface area contributed by atoms with Crippen LogP contribution in [0.4, 0.5) is 8.78 Å². The molecule has 1 aliphatic rings. The molecule has 0 atom stereocenters. The lowest BCUT2D eigenvalue weighted by Gasteiger charge is -2.31. The van der Waals surface area contributed by atoms with E-state index in [-0.39, 0.29) is 18.2 Å². The maximum atomic E-state index is 13.5. The molecule has 0 saturated heterocycles. The van der Waals surface area contributed by atoms with E-state index in [4.69, 9.17) is 15.9 Å². The molecule has 0 unspecified atom stereocenters. The van der Waals surface area contributed by atoms with Crippen LogP contribution in [0, 0.1) is 24.0 Å². The van der Waals surface area contributed by atoms with Gasteiger partial charge in [-0.3, -0.25) is 0 Å². The minimum atomic E-state index is -0.818. The zero-order valence-corrected chi connectivity index (χ0v) is 19.5. The molecular formula is C28H25F2O3S+. The summed E-state index contributed by atoms with van der Waals surface area (Å²) in [6.07, 6.45) is 10.00. The summed E-state index contributed by atoms with van der Waals surface area (Å²) in [6, 6.07) is 19.9. The van der Waals surface area contributed by atoms with Gasteiger partial charge in [0.15, 0.2) is 26.9 Å². The summed E-state index contributed by atoms with van der Waals surface area (Å²) in [6.45, 7) is -0.232. The van der Waals surface area contributed by atoms with Gasteiger partial charge in [0.05, 0.1) is 10.9 Å². The van der Waals surface area contributed by atoms with Crippen molar-refractivity contribution < 1.29 is 23.0 Å². The Morgan fingerprint density at radius 1 is 0.824 bits per heavy atom. The second-order valence-electron chi connectivity index (χ2n) is 8.15. The van der Waals surface area contributed by atoms with Crippen LogP contribution < -0.4 is 4.74 Å². The lowest BCUT2D eigenvalue weighted by molar-refractivity contribution is -0.159. The number of rotatable bonds is 7. The summed E-state index contributed by atoms with van der Waals surface area (Å²) < 4.78 is 38.2. The van der Waals surface area contributed by atoms with Crippen molar-refractivity contribution >= 4 is 16.9 Å². The van der Waals surface area contributed by atoms with Gasteiger partial charge in [0.2, 0.25) is 0 Å². The first-order chi connectivity index (χ1) is 16.5. The molecule has 6 heteroatoms. The Morgan fingerprint density at radius 3 is 1.76 bits per heavy atom. The number of esters is 1. The van der Waals surface area contributed by atoms with Gasteiger partial charge in [-0.2, -0.15) is 0 Å². The molecule has 174 valence electrons. The molecule has 1 aliphatic carbocycles. The van der Waals surface area contributed by atoms with Gasteiger partial charge in [-0.25, -0.2) is 13.6 Å². The fourth-order valence-corrected chi connectivity index (χ4v) is 6.05. The third kappa shape index (κ3) is 5.78. The largest absolute Gasteiger partial charge is 0.482 e. The summed E-state index contributed by atoms with van der Waals surface area (Å²) in [5.41, 5.74) is -0.818. The lowest BCUT2D eigenvalue weighted by atomic mass is 9.85. The number of carbonyl (C=O) groups excluding carboxylic acids is 1. The van der Waals surface area contributed by atoms with Gasteiger partial charge >= 0.3 is 5.97 Å². The van der Waals surface area contributed by atoms with Crippen LogP contribution in [0.1, 0.15) is 32.1 Å². The predicted octanol–water partition coefficient (Wildman–Crippen LogP) is 6.32. The third-order valence-electron chi connectivity index (χ3n) is 5.75. The van der Waals surface area contributed by atoms with Crippen molar-refractivity contribution in [3.05, 3.63) is 84.4 Å². The van der Waals surface area contributed by atoms with Gasteiger partial charge in [-0.1, -0.05) is 12.3 Å². The molecule has 0 N–H and O–H groups in total. The standard InChI is InChI=1S/C28H25F2O3S/c1-2-28(18-4-3-5-19-28)33-27(31)20-32-23-10-16-26(17-11-23)34(24-12-6-21(29)7-13-24)25-14-8-22(30)9-15-25/h1,6-17H,3-5,18-20H2/q+1. The van der Waals surface area contributed by atoms with Gasteiger partial charge < -0.3 is 9.47 Å². The molecule has 0 spiro atoms. The number of hydrogen-bond donors (Lipinski definition) is 0. The third-order valence-corrected chi connectivity index (χ3v) is 7.98. The highest BCUT2D eigenvalue weighted by molar-refractivity contribution is 7.97. The van der Waals surface area contributed by atoms with Crippen molar-refractivity contribution in [1.29, 1.82) is 0 Å². The van der Waals surface area contributed by atoms with Crippen LogP contribution in [-0.2, 0) is 20.4 Å². The number of terminal acetylenes is 1. The van der Waals surface area contributed by atoms with Gasteiger partial charge in [0.25, 0.3) is 0 Å². The first kappa shape index (κ1) is 23.8. The first-order valence-corrected chi connectivity index (χ1v) is 12.4. The molecule has 34 heavy (non-hydrogen) atoms.